The van der Waals surface area contributed by atoms with Crippen LogP contribution in [-0.4, -0.2) is 73.8 Å². The number of hydrogen-bond acceptors (Lipinski definition) is 7. The number of benzene rings is 2. The van der Waals surface area contributed by atoms with Crippen molar-refractivity contribution in [1.29, 1.82) is 0 Å². The van der Waals surface area contributed by atoms with E-state index in [9.17, 15) is 4.79 Å². The summed E-state index contributed by atoms with van der Waals surface area (Å²) in [6, 6.07) is 19.7. The van der Waals surface area contributed by atoms with Crippen molar-refractivity contribution in [3.63, 3.8) is 0 Å². The van der Waals surface area contributed by atoms with Crippen LogP contribution in [0, 0.1) is 0 Å². The van der Waals surface area contributed by atoms with Gasteiger partial charge >= 0.3 is 0 Å². The van der Waals surface area contributed by atoms with E-state index in [4.69, 9.17) is 18.6 Å². The first-order valence-electron chi connectivity index (χ1n) is 12.4. The molecule has 1 aromatic heterocycles. The lowest BCUT2D eigenvalue weighted by molar-refractivity contribution is 0.0321. The Kier molecular flexibility index (Phi) is 7.85. The van der Waals surface area contributed by atoms with Crippen LogP contribution in [0.2, 0.25) is 0 Å². The van der Waals surface area contributed by atoms with Crippen LogP contribution in [-0.2, 0) is 24.4 Å². The van der Waals surface area contributed by atoms with Crippen LogP contribution >= 0.6 is 0 Å². The van der Waals surface area contributed by atoms with Crippen molar-refractivity contribution < 1.29 is 23.4 Å². The Bertz CT molecular complexity index is 1140. The van der Waals surface area contributed by atoms with Crippen LogP contribution in [0.5, 0.6) is 11.5 Å². The Morgan fingerprint density at radius 2 is 1.69 bits per heavy atom. The summed E-state index contributed by atoms with van der Waals surface area (Å²) in [5, 5.41) is 0. The molecule has 1 fully saturated rings. The number of furan rings is 1. The van der Waals surface area contributed by atoms with Crippen molar-refractivity contribution in [1.82, 2.24) is 14.7 Å². The molecule has 0 bridgehead atoms. The zero-order valence-corrected chi connectivity index (χ0v) is 20.7. The predicted molar refractivity (Wildman–Crippen MR) is 135 cm³/mol. The van der Waals surface area contributed by atoms with Gasteiger partial charge in [0, 0.05) is 46.3 Å². The van der Waals surface area contributed by atoms with E-state index >= 15 is 0 Å². The van der Waals surface area contributed by atoms with Gasteiger partial charge in [0.2, 0.25) is 6.79 Å². The second-order valence-corrected chi connectivity index (χ2v) is 9.27. The highest BCUT2D eigenvalue weighted by Crippen LogP contribution is 2.33. The summed E-state index contributed by atoms with van der Waals surface area (Å²) in [5.74, 6) is 2.58. The van der Waals surface area contributed by atoms with Gasteiger partial charge < -0.3 is 23.5 Å². The summed E-state index contributed by atoms with van der Waals surface area (Å²) in [6.45, 7) is 7.41. The largest absolute Gasteiger partial charge is 0.455 e. The summed E-state index contributed by atoms with van der Waals surface area (Å²) in [5.41, 5.74) is 2.23. The number of rotatable bonds is 10. The molecule has 3 heterocycles. The average Bonchev–Trinajstić information content (AvgIpc) is 3.57. The smallest absolute Gasteiger partial charge is 0.289 e. The molecule has 0 radical (unpaired) electrons. The molecule has 2 aliphatic heterocycles. The summed E-state index contributed by atoms with van der Waals surface area (Å²) in [4.78, 5) is 19.4. The van der Waals surface area contributed by atoms with Crippen molar-refractivity contribution in [3.05, 3.63) is 83.3 Å². The Labute approximate surface area is 211 Å². The molecule has 2 aromatic carbocycles. The molecule has 0 spiro atoms. The minimum atomic E-state index is -0.124. The lowest BCUT2D eigenvalue weighted by Crippen LogP contribution is -2.41. The third-order valence-corrected chi connectivity index (χ3v) is 6.54. The summed E-state index contributed by atoms with van der Waals surface area (Å²) in [7, 11) is 1.80. The highest BCUT2D eigenvalue weighted by Gasteiger charge is 2.20. The second-order valence-electron chi connectivity index (χ2n) is 9.27. The molecule has 0 atom stereocenters. The van der Waals surface area contributed by atoms with E-state index in [1.165, 1.54) is 0 Å². The van der Waals surface area contributed by atoms with E-state index in [0.29, 0.717) is 18.8 Å². The van der Waals surface area contributed by atoms with Crippen LogP contribution < -0.4 is 9.47 Å². The quantitative estimate of drug-likeness (QED) is 0.429. The van der Waals surface area contributed by atoms with E-state index in [1.54, 1.807) is 18.0 Å². The van der Waals surface area contributed by atoms with Gasteiger partial charge in [0.05, 0.1) is 19.8 Å². The maximum absolute atomic E-state index is 13.0. The van der Waals surface area contributed by atoms with Crippen molar-refractivity contribution >= 4 is 5.91 Å². The maximum atomic E-state index is 13.0. The number of hydrogen-bond donors (Lipinski definition) is 0. The molecule has 0 aliphatic carbocycles. The summed E-state index contributed by atoms with van der Waals surface area (Å²) >= 11 is 0. The molecule has 3 aromatic rings. The predicted octanol–water partition coefficient (Wildman–Crippen LogP) is 3.61. The van der Waals surface area contributed by atoms with E-state index in [-0.39, 0.29) is 12.7 Å². The number of carbonyl (C=O) groups excluding carboxylic acids is 1. The maximum Gasteiger partial charge on any atom is 0.289 e. The van der Waals surface area contributed by atoms with Crippen molar-refractivity contribution in [3.8, 4) is 11.5 Å². The zero-order valence-electron chi connectivity index (χ0n) is 20.7. The van der Waals surface area contributed by atoms with E-state index in [0.717, 1.165) is 74.3 Å². The standard InChI is InChI=1S/C28H33N3O5/c1-29(18-22-5-3-2-4-6-22)28(32)26-10-8-24(36-26)20-31(12-11-30-13-15-33-16-14-30)19-23-7-9-25-27(17-23)35-21-34-25/h2-10,17H,11-16,18-21H2,1H3. The Morgan fingerprint density at radius 1 is 0.889 bits per heavy atom. The molecule has 8 heteroatoms. The average molecular weight is 492 g/mol. The van der Waals surface area contributed by atoms with E-state index < -0.39 is 0 Å². The monoisotopic (exact) mass is 491 g/mol. The normalized spacial score (nSPS) is 15.4. The van der Waals surface area contributed by atoms with E-state index in [2.05, 4.69) is 15.9 Å². The number of carbonyl (C=O) groups is 1. The van der Waals surface area contributed by atoms with Crippen molar-refractivity contribution in [2.24, 2.45) is 0 Å². The number of nitrogens with zero attached hydrogens (tertiary/aromatic N) is 3. The fourth-order valence-electron chi connectivity index (χ4n) is 4.53. The first kappa shape index (κ1) is 24.4. The Balaban J connectivity index is 1.24. The first-order chi connectivity index (χ1) is 17.6. The summed E-state index contributed by atoms with van der Waals surface area (Å²) in [6.07, 6.45) is 0. The van der Waals surface area contributed by atoms with Crippen LogP contribution in [0.15, 0.2) is 65.1 Å². The van der Waals surface area contributed by atoms with Crippen LogP contribution in [0.25, 0.3) is 0 Å². The molecule has 1 amide bonds. The minimum Gasteiger partial charge on any atom is -0.455 e. The van der Waals surface area contributed by atoms with Gasteiger partial charge in [-0.1, -0.05) is 36.4 Å². The van der Waals surface area contributed by atoms with Crippen LogP contribution in [0.1, 0.15) is 27.4 Å². The number of amides is 1. The number of morpholine rings is 1. The molecule has 0 saturated carbocycles. The molecule has 2 aliphatic rings. The molecule has 8 nitrogen and oxygen atoms in total. The van der Waals surface area contributed by atoms with Gasteiger partial charge in [-0.05, 0) is 35.4 Å². The molecule has 0 unspecified atom stereocenters. The third kappa shape index (κ3) is 6.26. The van der Waals surface area contributed by atoms with Crippen LogP contribution in [0.4, 0.5) is 0 Å². The second kappa shape index (κ2) is 11.6. The third-order valence-electron chi connectivity index (χ3n) is 6.54. The Hall–Kier alpha value is -3.33. The highest BCUT2D eigenvalue weighted by atomic mass is 16.7. The van der Waals surface area contributed by atoms with Gasteiger partial charge in [-0.2, -0.15) is 0 Å². The molecular weight excluding hydrogens is 458 g/mol. The van der Waals surface area contributed by atoms with Gasteiger partial charge in [-0.15, -0.1) is 0 Å². The van der Waals surface area contributed by atoms with E-state index in [1.807, 2.05) is 48.5 Å². The SMILES string of the molecule is CN(Cc1ccccc1)C(=O)c1ccc(CN(CCN2CCOCC2)Cc2ccc3c(c2)OCO3)o1. The number of ether oxygens (including phenoxy) is 3. The lowest BCUT2D eigenvalue weighted by Gasteiger charge is -2.29. The Morgan fingerprint density at radius 3 is 2.53 bits per heavy atom. The molecule has 5 rings (SSSR count). The number of fused-ring (bicyclic) bond motifs is 1. The fraction of sp³-hybridized carbons (Fsp3) is 0.393. The van der Waals surface area contributed by atoms with Crippen LogP contribution in [0.3, 0.4) is 0 Å². The van der Waals surface area contributed by atoms with Gasteiger partial charge in [-0.25, -0.2) is 0 Å². The van der Waals surface area contributed by atoms with Gasteiger partial charge in [0.25, 0.3) is 5.91 Å². The van der Waals surface area contributed by atoms with Gasteiger partial charge in [0.15, 0.2) is 17.3 Å². The first-order valence-corrected chi connectivity index (χ1v) is 12.4. The molecular formula is C28H33N3O5. The molecule has 0 N–H and O–H groups in total. The van der Waals surface area contributed by atoms with Crippen molar-refractivity contribution in [2.75, 3.05) is 53.2 Å². The fourth-order valence-corrected chi connectivity index (χ4v) is 4.53. The minimum absolute atomic E-state index is 0.124. The summed E-state index contributed by atoms with van der Waals surface area (Å²) < 4.78 is 22.5. The highest BCUT2D eigenvalue weighted by molar-refractivity contribution is 5.91. The molecule has 1 saturated heterocycles. The lowest BCUT2D eigenvalue weighted by atomic mass is 10.2. The topological polar surface area (TPSA) is 67.6 Å². The molecule has 190 valence electrons. The molecule has 36 heavy (non-hydrogen) atoms. The van der Waals surface area contributed by atoms with Crippen molar-refractivity contribution in [2.45, 2.75) is 19.6 Å². The zero-order chi connectivity index (χ0) is 24.7. The van der Waals surface area contributed by atoms with Gasteiger partial charge in [0.1, 0.15) is 5.76 Å². The van der Waals surface area contributed by atoms with Gasteiger partial charge in [-0.3, -0.25) is 14.6 Å².